The molecule has 0 aliphatic carbocycles. The van der Waals surface area contributed by atoms with Crippen molar-refractivity contribution in [2.75, 3.05) is 18.5 Å². The fourth-order valence-electron chi connectivity index (χ4n) is 1.56. The van der Waals surface area contributed by atoms with E-state index >= 15 is 0 Å². The molecule has 1 aliphatic rings. The summed E-state index contributed by atoms with van der Waals surface area (Å²) in [5, 5.41) is 13.0. The quantitative estimate of drug-likeness (QED) is 0.822. The summed E-state index contributed by atoms with van der Waals surface area (Å²) >= 11 is 1.33. The largest absolute Gasteiger partial charge is 0.476 e. The Kier molecular flexibility index (Phi) is 3.17. The van der Waals surface area contributed by atoms with Crippen LogP contribution < -0.4 is 5.43 Å². The average Bonchev–Trinajstić information content (AvgIpc) is 2.68. The summed E-state index contributed by atoms with van der Waals surface area (Å²) in [4.78, 5) is 14.6. The number of carbonyl (C=O) groups is 1. The highest BCUT2D eigenvalue weighted by atomic mass is 32.1. The highest BCUT2D eigenvalue weighted by Crippen LogP contribution is 2.17. The molecule has 1 aromatic rings. The zero-order valence-corrected chi connectivity index (χ0v) is 9.09. The molecule has 0 amide bonds. The number of hydrogen-bond donors (Lipinski definition) is 2. The molecular weight excluding hydrogens is 214 g/mol. The maximum Gasteiger partial charge on any atom is 0.355 e. The minimum Gasteiger partial charge on any atom is -0.476 e. The normalized spacial score (nSPS) is 17.6. The molecule has 0 aromatic carbocycles. The third kappa shape index (κ3) is 2.66. The number of rotatable bonds is 3. The van der Waals surface area contributed by atoms with Gasteiger partial charge in [0.1, 0.15) is 0 Å². The van der Waals surface area contributed by atoms with E-state index in [4.69, 9.17) is 5.11 Å². The first-order chi connectivity index (χ1) is 7.25. The summed E-state index contributed by atoms with van der Waals surface area (Å²) in [5.74, 6) is -0.974. The van der Waals surface area contributed by atoms with Crippen LogP contribution in [0.1, 0.15) is 29.8 Å². The number of nitrogens with one attached hydrogen (secondary N) is 1. The molecule has 0 bridgehead atoms. The molecule has 2 N–H and O–H groups in total. The highest BCUT2D eigenvalue weighted by molar-refractivity contribution is 7.13. The first-order valence-electron chi connectivity index (χ1n) is 4.96. The zero-order valence-electron chi connectivity index (χ0n) is 8.27. The zero-order chi connectivity index (χ0) is 10.7. The van der Waals surface area contributed by atoms with Crippen LogP contribution in [0.2, 0.25) is 0 Å². The lowest BCUT2D eigenvalue weighted by atomic mass is 10.2. The number of carboxylic acid groups (broad SMARTS) is 1. The van der Waals surface area contributed by atoms with Crippen molar-refractivity contribution in [3.05, 3.63) is 11.1 Å². The van der Waals surface area contributed by atoms with Crippen molar-refractivity contribution in [2.24, 2.45) is 0 Å². The van der Waals surface area contributed by atoms with E-state index in [1.165, 1.54) is 30.6 Å². The van der Waals surface area contributed by atoms with Crippen molar-refractivity contribution in [3.63, 3.8) is 0 Å². The molecule has 1 saturated heterocycles. The summed E-state index contributed by atoms with van der Waals surface area (Å²) in [5.41, 5.74) is 3.24. The molecule has 2 rings (SSSR count). The Balaban J connectivity index is 1.94. The molecule has 2 heterocycles. The van der Waals surface area contributed by atoms with Gasteiger partial charge < -0.3 is 5.11 Å². The summed E-state index contributed by atoms with van der Waals surface area (Å²) < 4.78 is 0. The Morgan fingerprint density at radius 3 is 2.80 bits per heavy atom. The number of hydrogen-bond acceptors (Lipinski definition) is 5. The number of hydrazine groups is 1. The van der Waals surface area contributed by atoms with Crippen LogP contribution in [0.3, 0.4) is 0 Å². The summed E-state index contributed by atoms with van der Waals surface area (Å²) in [6.07, 6.45) is 3.64. The smallest absolute Gasteiger partial charge is 0.355 e. The Morgan fingerprint density at radius 1 is 1.47 bits per heavy atom. The fourth-order valence-corrected chi connectivity index (χ4v) is 2.27. The van der Waals surface area contributed by atoms with Gasteiger partial charge in [-0.2, -0.15) is 0 Å². The molecule has 0 radical (unpaired) electrons. The van der Waals surface area contributed by atoms with Gasteiger partial charge in [0.2, 0.25) is 0 Å². The predicted octanol–water partition coefficient (Wildman–Crippen LogP) is 1.65. The highest BCUT2D eigenvalue weighted by Gasteiger charge is 2.13. The topological polar surface area (TPSA) is 65.5 Å². The molecule has 0 atom stereocenters. The molecule has 1 aromatic heterocycles. The number of aromatic carboxylic acids is 1. The SMILES string of the molecule is O=C(O)c1csc(NN2CCCCC2)n1. The van der Waals surface area contributed by atoms with Crippen molar-refractivity contribution >= 4 is 22.4 Å². The number of carboxylic acids is 1. The van der Waals surface area contributed by atoms with E-state index in [0.717, 1.165) is 13.1 Å². The van der Waals surface area contributed by atoms with Crippen molar-refractivity contribution in [2.45, 2.75) is 19.3 Å². The monoisotopic (exact) mass is 227 g/mol. The van der Waals surface area contributed by atoms with Crippen LogP contribution in [0.15, 0.2) is 5.38 Å². The molecule has 1 aliphatic heterocycles. The number of thiazole rings is 1. The first kappa shape index (κ1) is 10.4. The lowest BCUT2D eigenvalue weighted by Crippen LogP contribution is -2.34. The Bertz CT molecular complexity index is 347. The minimum absolute atomic E-state index is 0.111. The van der Waals surface area contributed by atoms with E-state index in [2.05, 4.69) is 15.4 Å². The summed E-state index contributed by atoms with van der Waals surface area (Å²) in [7, 11) is 0. The second kappa shape index (κ2) is 4.59. The lowest BCUT2D eigenvalue weighted by molar-refractivity contribution is 0.0691. The average molecular weight is 227 g/mol. The molecule has 0 spiro atoms. The molecular formula is C9H13N3O2S. The second-order valence-corrected chi connectivity index (χ2v) is 4.36. The van der Waals surface area contributed by atoms with E-state index < -0.39 is 5.97 Å². The molecule has 6 heteroatoms. The van der Waals surface area contributed by atoms with Crippen LogP contribution in [0.5, 0.6) is 0 Å². The third-order valence-corrected chi connectivity index (χ3v) is 3.08. The molecule has 82 valence electrons. The van der Waals surface area contributed by atoms with Gasteiger partial charge in [-0.1, -0.05) is 6.42 Å². The van der Waals surface area contributed by atoms with Gasteiger partial charge in [0.05, 0.1) is 0 Å². The predicted molar refractivity (Wildman–Crippen MR) is 58.1 cm³/mol. The fraction of sp³-hybridized carbons (Fsp3) is 0.556. The molecule has 1 fully saturated rings. The van der Waals surface area contributed by atoms with E-state index in [0.29, 0.717) is 5.13 Å². The van der Waals surface area contributed by atoms with Crippen LogP contribution in [0, 0.1) is 0 Å². The Morgan fingerprint density at radius 2 is 2.20 bits per heavy atom. The van der Waals surface area contributed by atoms with Crippen LogP contribution in [0.4, 0.5) is 5.13 Å². The van der Waals surface area contributed by atoms with Crippen molar-refractivity contribution in [3.8, 4) is 0 Å². The van der Waals surface area contributed by atoms with E-state index in [1.807, 2.05) is 0 Å². The Labute approximate surface area is 91.7 Å². The van der Waals surface area contributed by atoms with Gasteiger partial charge in [-0.3, -0.25) is 5.43 Å². The number of nitrogens with zero attached hydrogens (tertiary/aromatic N) is 2. The van der Waals surface area contributed by atoms with Crippen molar-refractivity contribution in [1.82, 2.24) is 9.99 Å². The van der Waals surface area contributed by atoms with Gasteiger partial charge in [0.15, 0.2) is 10.8 Å². The van der Waals surface area contributed by atoms with Crippen LogP contribution in [-0.2, 0) is 0 Å². The first-order valence-corrected chi connectivity index (χ1v) is 5.84. The van der Waals surface area contributed by atoms with Crippen molar-refractivity contribution in [1.29, 1.82) is 0 Å². The molecule has 5 nitrogen and oxygen atoms in total. The van der Waals surface area contributed by atoms with Crippen LogP contribution >= 0.6 is 11.3 Å². The van der Waals surface area contributed by atoms with Gasteiger partial charge in [0.25, 0.3) is 0 Å². The van der Waals surface area contributed by atoms with Crippen LogP contribution in [-0.4, -0.2) is 34.2 Å². The second-order valence-electron chi connectivity index (χ2n) is 3.50. The maximum atomic E-state index is 10.6. The molecule has 0 saturated carbocycles. The van der Waals surface area contributed by atoms with E-state index in [1.54, 1.807) is 5.38 Å². The number of aromatic nitrogens is 1. The molecule has 0 unspecified atom stereocenters. The molecule has 15 heavy (non-hydrogen) atoms. The minimum atomic E-state index is -0.974. The lowest BCUT2D eigenvalue weighted by Gasteiger charge is -2.26. The van der Waals surface area contributed by atoms with Gasteiger partial charge in [0, 0.05) is 18.5 Å². The van der Waals surface area contributed by atoms with Gasteiger partial charge >= 0.3 is 5.97 Å². The maximum absolute atomic E-state index is 10.6. The van der Waals surface area contributed by atoms with E-state index in [9.17, 15) is 4.79 Å². The van der Waals surface area contributed by atoms with Gasteiger partial charge in [-0.25, -0.2) is 14.8 Å². The number of piperidine rings is 1. The Hall–Kier alpha value is -1.14. The third-order valence-electron chi connectivity index (χ3n) is 2.33. The van der Waals surface area contributed by atoms with Crippen LogP contribution in [0.25, 0.3) is 0 Å². The summed E-state index contributed by atoms with van der Waals surface area (Å²) in [6.45, 7) is 2.00. The van der Waals surface area contributed by atoms with Crippen molar-refractivity contribution < 1.29 is 9.90 Å². The van der Waals surface area contributed by atoms with Gasteiger partial charge in [-0.05, 0) is 12.8 Å². The van der Waals surface area contributed by atoms with E-state index in [-0.39, 0.29) is 5.69 Å². The standard InChI is InChI=1S/C9H13N3O2S/c13-8(14)7-6-15-9(10-7)11-12-4-2-1-3-5-12/h6H,1-5H2,(H,10,11)(H,13,14). The van der Waals surface area contributed by atoms with Gasteiger partial charge in [-0.15, -0.1) is 11.3 Å². The number of anilines is 1. The summed E-state index contributed by atoms with van der Waals surface area (Å²) in [6, 6.07) is 0.